The molecule has 1 aliphatic heterocycles. The maximum absolute atomic E-state index is 12.5. The monoisotopic (exact) mass is 324 g/mol. The summed E-state index contributed by atoms with van der Waals surface area (Å²) in [5.74, 6) is -0.0288. The molecule has 1 aliphatic carbocycles. The molecule has 2 rings (SSSR count). The summed E-state index contributed by atoms with van der Waals surface area (Å²) in [6.07, 6.45) is 7.07. The molecule has 2 N–H and O–H groups in total. The molecule has 6 nitrogen and oxygen atoms in total. The van der Waals surface area contributed by atoms with Crippen LogP contribution in [0.3, 0.4) is 0 Å². The average molecular weight is 324 g/mol. The highest BCUT2D eigenvalue weighted by Gasteiger charge is 2.40. The zero-order valence-electron chi connectivity index (χ0n) is 14.7. The largest absolute Gasteiger partial charge is 0.355 e. The Balaban J connectivity index is 1.88. The second kappa shape index (κ2) is 8.64. The molecule has 0 aromatic rings. The third-order valence-corrected chi connectivity index (χ3v) is 5.17. The Morgan fingerprint density at radius 3 is 2.70 bits per heavy atom. The van der Waals surface area contributed by atoms with E-state index in [0.717, 1.165) is 26.1 Å². The number of hydrogen-bond donors (Lipinski definition) is 2. The molecule has 0 radical (unpaired) electrons. The minimum Gasteiger partial charge on any atom is -0.355 e. The first-order chi connectivity index (χ1) is 11.1. The number of likely N-dealkylation sites (N-methyl/N-ethyl adjacent to an activating group) is 1. The van der Waals surface area contributed by atoms with Crippen molar-refractivity contribution in [2.45, 2.75) is 51.0 Å². The number of piperazine rings is 1. The SMILES string of the molecule is CCCNC(=O)CN(C)C(=O)CN1CCNCC12CCCCC2. The van der Waals surface area contributed by atoms with Gasteiger partial charge in [-0.25, -0.2) is 0 Å². The number of carbonyl (C=O) groups excluding carboxylic acids is 2. The molecule has 1 spiro atoms. The van der Waals surface area contributed by atoms with E-state index in [1.54, 1.807) is 11.9 Å². The van der Waals surface area contributed by atoms with E-state index in [1.807, 2.05) is 6.92 Å². The van der Waals surface area contributed by atoms with Crippen molar-refractivity contribution in [1.29, 1.82) is 0 Å². The van der Waals surface area contributed by atoms with Crippen molar-refractivity contribution < 1.29 is 9.59 Å². The average Bonchev–Trinajstić information content (AvgIpc) is 2.56. The third-order valence-electron chi connectivity index (χ3n) is 5.17. The molecule has 1 saturated heterocycles. The van der Waals surface area contributed by atoms with Crippen LogP contribution in [0.15, 0.2) is 0 Å². The van der Waals surface area contributed by atoms with E-state index >= 15 is 0 Å². The van der Waals surface area contributed by atoms with Crippen LogP contribution in [0.25, 0.3) is 0 Å². The number of nitrogens with zero attached hydrogens (tertiary/aromatic N) is 2. The van der Waals surface area contributed by atoms with E-state index in [9.17, 15) is 9.59 Å². The van der Waals surface area contributed by atoms with Gasteiger partial charge in [-0.15, -0.1) is 0 Å². The van der Waals surface area contributed by atoms with Gasteiger partial charge in [0.25, 0.3) is 0 Å². The van der Waals surface area contributed by atoms with Gasteiger partial charge in [0.05, 0.1) is 13.1 Å². The van der Waals surface area contributed by atoms with E-state index in [1.165, 1.54) is 32.1 Å². The van der Waals surface area contributed by atoms with Crippen LogP contribution in [0.4, 0.5) is 0 Å². The van der Waals surface area contributed by atoms with E-state index in [2.05, 4.69) is 15.5 Å². The topological polar surface area (TPSA) is 64.7 Å². The van der Waals surface area contributed by atoms with Gasteiger partial charge in [-0.1, -0.05) is 26.2 Å². The van der Waals surface area contributed by atoms with Crippen molar-refractivity contribution in [3.05, 3.63) is 0 Å². The summed E-state index contributed by atoms with van der Waals surface area (Å²) in [5.41, 5.74) is 0.150. The summed E-state index contributed by atoms with van der Waals surface area (Å²) in [7, 11) is 1.73. The lowest BCUT2D eigenvalue weighted by Gasteiger charge is -2.49. The van der Waals surface area contributed by atoms with E-state index in [0.29, 0.717) is 13.1 Å². The first-order valence-electron chi connectivity index (χ1n) is 9.04. The normalized spacial score (nSPS) is 21.1. The molecule has 2 amide bonds. The van der Waals surface area contributed by atoms with Gasteiger partial charge in [0.2, 0.25) is 11.8 Å². The Labute approximate surface area is 140 Å². The number of nitrogens with one attached hydrogen (secondary N) is 2. The Morgan fingerprint density at radius 2 is 2.00 bits per heavy atom. The molecule has 1 heterocycles. The highest BCUT2D eigenvalue weighted by molar-refractivity contribution is 5.85. The molecule has 0 aromatic carbocycles. The van der Waals surface area contributed by atoms with Crippen LogP contribution in [-0.4, -0.2) is 73.5 Å². The van der Waals surface area contributed by atoms with E-state index in [-0.39, 0.29) is 23.9 Å². The summed E-state index contributed by atoms with van der Waals surface area (Å²) in [4.78, 5) is 28.2. The van der Waals surface area contributed by atoms with Crippen molar-refractivity contribution in [3.8, 4) is 0 Å². The number of amides is 2. The van der Waals surface area contributed by atoms with Crippen LogP contribution in [-0.2, 0) is 9.59 Å². The fourth-order valence-electron chi connectivity index (χ4n) is 3.74. The predicted molar refractivity (Wildman–Crippen MR) is 91.2 cm³/mol. The van der Waals surface area contributed by atoms with Gasteiger partial charge in [0.1, 0.15) is 0 Å². The molecule has 23 heavy (non-hydrogen) atoms. The molecule has 2 fully saturated rings. The molecule has 132 valence electrons. The van der Waals surface area contributed by atoms with Crippen molar-refractivity contribution in [3.63, 3.8) is 0 Å². The Hall–Kier alpha value is -1.14. The molecule has 2 aliphatic rings. The fourth-order valence-corrected chi connectivity index (χ4v) is 3.74. The van der Waals surface area contributed by atoms with Crippen molar-refractivity contribution in [2.24, 2.45) is 0 Å². The molecule has 6 heteroatoms. The fraction of sp³-hybridized carbons (Fsp3) is 0.882. The highest BCUT2D eigenvalue weighted by Crippen LogP contribution is 2.34. The zero-order chi connectivity index (χ0) is 16.7. The summed E-state index contributed by atoms with van der Waals surface area (Å²) in [5, 5.41) is 6.32. The number of hydrogen-bond acceptors (Lipinski definition) is 4. The summed E-state index contributed by atoms with van der Waals surface area (Å²) < 4.78 is 0. The van der Waals surface area contributed by atoms with Gasteiger partial charge in [0, 0.05) is 38.8 Å². The Bertz CT molecular complexity index is 399. The Kier molecular flexibility index (Phi) is 6.84. The van der Waals surface area contributed by atoms with Crippen LogP contribution in [0.5, 0.6) is 0 Å². The molecule has 0 aromatic heterocycles. The second-order valence-electron chi connectivity index (χ2n) is 6.98. The lowest BCUT2D eigenvalue weighted by Crippen LogP contribution is -2.63. The summed E-state index contributed by atoms with van der Waals surface area (Å²) in [6.45, 7) is 6.11. The zero-order valence-corrected chi connectivity index (χ0v) is 14.7. The molecule has 0 bridgehead atoms. The van der Waals surface area contributed by atoms with Gasteiger partial charge in [-0.05, 0) is 19.3 Å². The van der Waals surface area contributed by atoms with Crippen LogP contribution in [0.2, 0.25) is 0 Å². The second-order valence-corrected chi connectivity index (χ2v) is 6.98. The van der Waals surface area contributed by atoms with Gasteiger partial charge >= 0.3 is 0 Å². The smallest absolute Gasteiger partial charge is 0.239 e. The van der Waals surface area contributed by atoms with Crippen LogP contribution >= 0.6 is 0 Å². The van der Waals surface area contributed by atoms with Gasteiger partial charge in [-0.3, -0.25) is 14.5 Å². The Morgan fingerprint density at radius 1 is 1.26 bits per heavy atom. The first kappa shape index (κ1) is 18.2. The van der Waals surface area contributed by atoms with Crippen molar-refractivity contribution in [1.82, 2.24) is 20.4 Å². The maximum Gasteiger partial charge on any atom is 0.239 e. The predicted octanol–water partition coefficient (Wildman–Crippen LogP) is 0.579. The van der Waals surface area contributed by atoms with Gasteiger partial charge in [0.15, 0.2) is 0 Å². The van der Waals surface area contributed by atoms with Gasteiger partial charge < -0.3 is 15.5 Å². The van der Waals surface area contributed by atoms with E-state index in [4.69, 9.17) is 0 Å². The quantitative estimate of drug-likeness (QED) is 0.750. The maximum atomic E-state index is 12.5. The lowest BCUT2D eigenvalue weighted by molar-refractivity contribution is -0.137. The first-order valence-corrected chi connectivity index (χ1v) is 9.04. The number of rotatable bonds is 6. The lowest BCUT2D eigenvalue weighted by atomic mass is 9.79. The minimum atomic E-state index is -0.0737. The molecule has 1 saturated carbocycles. The minimum absolute atomic E-state index is 0.0449. The summed E-state index contributed by atoms with van der Waals surface area (Å²) in [6, 6.07) is 0. The van der Waals surface area contributed by atoms with E-state index < -0.39 is 0 Å². The van der Waals surface area contributed by atoms with Crippen LogP contribution < -0.4 is 10.6 Å². The summed E-state index contributed by atoms with van der Waals surface area (Å²) >= 11 is 0. The molecular formula is C17H32N4O2. The van der Waals surface area contributed by atoms with Crippen molar-refractivity contribution >= 4 is 11.8 Å². The third kappa shape index (κ3) is 4.91. The highest BCUT2D eigenvalue weighted by atomic mass is 16.2. The molecular weight excluding hydrogens is 292 g/mol. The number of carbonyl (C=O) groups is 2. The molecule has 0 atom stereocenters. The standard InChI is InChI=1S/C17H32N4O2/c1-3-9-19-15(22)12-20(2)16(23)13-21-11-10-18-14-17(21)7-5-4-6-8-17/h18H,3-14H2,1-2H3,(H,19,22). The van der Waals surface area contributed by atoms with Gasteiger partial charge in [-0.2, -0.15) is 0 Å². The van der Waals surface area contributed by atoms with Crippen LogP contribution in [0, 0.1) is 0 Å². The van der Waals surface area contributed by atoms with Crippen molar-refractivity contribution in [2.75, 3.05) is 46.3 Å². The van der Waals surface area contributed by atoms with Crippen LogP contribution in [0.1, 0.15) is 45.4 Å². The molecule has 0 unspecified atom stereocenters.